The number of fused-ring (bicyclic) bond motifs is 1. The van der Waals surface area contributed by atoms with E-state index in [1.54, 1.807) is 0 Å². The van der Waals surface area contributed by atoms with E-state index >= 15 is 0 Å². The second kappa shape index (κ2) is 5.23. The lowest BCUT2D eigenvalue weighted by Crippen LogP contribution is -2.30. The maximum Gasteiger partial charge on any atom is 0.0427 e. The Kier molecular flexibility index (Phi) is 3.29. The maximum absolute atomic E-state index is 3.56. The third-order valence-corrected chi connectivity index (χ3v) is 3.41. The molecule has 18 heavy (non-hydrogen) atoms. The summed E-state index contributed by atoms with van der Waals surface area (Å²) in [6.07, 6.45) is 1.12. The van der Waals surface area contributed by atoms with Gasteiger partial charge >= 0.3 is 0 Å². The number of anilines is 1. The average molecular weight is 238 g/mol. The van der Waals surface area contributed by atoms with Gasteiger partial charge in [0.15, 0.2) is 0 Å². The molecule has 0 bridgehead atoms. The first-order chi connectivity index (χ1) is 8.92. The lowest BCUT2D eigenvalue weighted by molar-refractivity contribution is 0.615. The van der Waals surface area contributed by atoms with Crippen molar-refractivity contribution in [3.05, 3.63) is 65.7 Å². The molecule has 0 saturated carbocycles. The average Bonchev–Trinajstić information content (AvgIpc) is 2.82. The van der Waals surface area contributed by atoms with Crippen LogP contribution in [0.25, 0.3) is 0 Å². The molecule has 2 N–H and O–H groups in total. The summed E-state index contributed by atoms with van der Waals surface area (Å²) in [5.74, 6) is 0. The summed E-state index contributed by atoms with van der Waals surface area (Å²) in [4.78, 5) is 0. The van der Waals surface area contributed by atoms with Crippen molar-refractivity contribution in [2.24, 2.45) is 0 Å². The van der Waals surface area contributed by atoms with E-state index in [0.717, 1.165) is 19.5 Å². The van der Waals surface area contributed by atoms with Gasteiger partial charge in [-0.1, -0.05) is 48.5 Å². The van der Waals surface area contributed by atoms with Crippen molar-refractivity contribution < 1.29 is 0 Å². The monoisotopic (exact) mass is 238 g/mol. The summed E-state index contributed by atoms with van der Waals surface area (Å²) in [5, 5.41) is 7.07. The molecule has 1 heterocycles. The Morgan fingerprint density at radius 1 is 1.00 bits per heavy atom. The minimum absolute atomic E-state index is 0.520. The van der Waals surface area contributed by atoms with Crippen molar-refractivity contribution in [1.82, 2.24) is 5.32 Å². The minimum atomic E-state index is 0.520. The van der Waals surface area contributed by atoms with Crippen LogP contribution in [0.15, 0.2) is 54.6 Å². The number of rotatable bonds is 4. The summed E-state index contributed by atoms with van der Waals surface area (Å²) < 4.78 is 0. The van der Waals surface area contributed by atoms with Crippen LogP contribution < -0.4 is 10.6 Å². The van der Waals surface area contributed by atoms with Crippen LogP contribution >= 0.6 is 0 Å². The SMILES string of the molecule is c1ccc(CNCC2Cc3ccccc3N2)cc1. The zero-order valence-corrected chi connectivity index (χ0v) is 10.4. The molecular formula is C16H18N2. The Morgan fingerprint density at radius 2 is 1.78 bits per heavy atom. The van der Waals surface area contributed by atoms with E-state index in [4.69, 9.17) is 0 Å². The van der Waals surface area contributed by atoms with Crippen molar-refractivity contribution in [3.8, 4) is 0 Å². The molecule has 2 aromatic carbocycles. The topological polar surface area (TPSA) is 24.1 Å². The molecule has 2 heteroatoms. The summed E-state index contributed by atoms with van der Waals surface area (Å²) in [6, 6.07) is 19.6. The molecule has 1 unspecified atom stereocenters. The highest BCUT2D eigenvalue weighted by molar-refractivity contribution is 5.56. The van der Waals surface area contributed by atoms with Crippen molar-refractivity contribution in [1.29, 1.82) is 0 Å². The Morgan fingerprint density at radius 3 is 2.61 bits per heavy atom. The van der Waals surface area contributed by atoms with Crippen molar-refractivity contribution in [2.75, 3.05) is 11.9 Å². The number of nitrogens with one attached hydrogen (secondary N) is 2. The van der Waals surface area contributed by atoms with Gasteiger partial charge < -0.3 is 10.6 Å². The predicted molar refractivity (Wildman–Crippen MR) is 75.7 cm³/mol. The Bertz CT molecular complexity index is 483. The van der Waals surface area contributed by atoms with Crippen LogP contribution in [0.3, 0.4) is 0 Å². The third-order valence-electron chi connectivity index (χ3n) is 3.41. The summed E-state index contributed by atoms with van der Waals surface area (Å²) in [7, 11) is 0. The van der Waals surface area contributed by atoms with E-state index in [0.29, 0.717) is 6.04 Å². The van der Waals surface area contributed by atoms with Gasteiger partial charge in [0.25, 0.3) is 0 Å². The first-order valence-corrected chi connectivity index (χ1v) is 6.51. The smallest absolute Gasteiger partial charge is 0.0427 e. The van der Waals surface area contributed by atoms with E-state index in [2.05, 4.69) is 65.2 Å². The van der Waals surface area contributed by atoms with Crippen LogP contribution in [-0.4, -0.2) is 12.6 Å². The quantitative estimate of drug-likeness (QED) is 0.856. The van der Waals surface area contributed by atoms with Gasteiger partial charge in [-0.15, -0.1) is 0 Å². The Balaban J connectivity index is 1.49. The van der Waals surface area contributed by atoms with Crippen molar-refractivity contribution in [2.45, 2.75) is 19.0 Å². The molecule has 2 aromatic rings. The highest BCUT2D eigenvalue weighted by Crippen LogP contribution is 2.24. The van der Waals surface area contributed by atoms with Crippen LogP contribution in [0.5, 0.6) is 0 Å². The van der Waals surface area contributed by atoms with Gasteiger partial charge in [-0.25, -0.2) is 0 Å². The van der Waals surface area contributed by atoms with Crippen molar-refractivity contribution >= 4 is 5.69 Å². The molecular weight excluding hydrogens is 220 g/mol. The van der Waals surface area contributed by atoms with Gasteiger partial charge in [0.1, 0.15) is 0 Å². The lowest BCUT2D eigenvalue weighted by Gasteiger charge is -2.12. The molecule has 0 amide bonds. The van der Waals surface area contributed by atoms with Gasteiger partial charge in [0, 0.05) is 24.8 Å². The molecule has 0 saturated heterocycles. The second-order valence-electron chi connectivity index (χ2n) is 4.82. The van der Waals surface area contributed by atoms with Crippen LogP contribution in [0.4, 0.5) is 5.69 Å². The molecule has 2 nitrogen and oxygen atoms in total. The zero-order valence-electron chi connectivity index (χ0n) is 10.4. The number of para-hydroxylation sites is 1. The molecule has 1 aliphatic rings. The van der Waals surface area contributed by atoms with Gasteiger partial charge in [-0.05, 0) is 23.6 Å². The van der Waals surface area contributed by atoms with Crippen LogP contribution in [0.1, 0.15) is 11.1 Å². The summed E-state index contributed by atoms with van der Waals surface area (Å²) in [5.41, 5.74) is 4.07. The fourth-order valence-corrected chi connectivity index (χ4v) is 2.49. The molecule has 1 atom stereocenters. The van der Waals surface area contributed by atoms with E-state index in [9.17, 15) is 0 Å². The maximum atomic E-state index is 3.56. The highest BCUT2D eigenvalue weighted by atomic mass is 15.0. The van der Waals surface area contributed by atoms with E-state index in [1.165, 1.54) is 16.8 Å². The van der Waals surface area contributed by atoms with Crippen LogP contribution in [-0.2, 0) is 13.0 Å². The Hall–Kier alpha value is -1.80. The molecule has 0 aliphatic carbocycles. The number of hydrogen-bond donors (Lipinski definition) is 2. The fraction of sp³-hybridized carbons (Fsp3) is 0.250. The standard InChI is InChI=1S/C16H18N2/c1-2-6-13(7-3-1)11-17-12-15-10-14-8-4-5-9-16(14)18-15/h1-9,15,17-18H,10-12H2. The van der Waals surface area contributed by atoms with E-state index in [1.807, 2.05) is 0 Å². The number of benzene rings is 2. The minimum Gasteiger partial charge on any atom is -0.380 e. The summed E-state index contributed by atoms with van der Waals surface area (Å²) >= 11 is 0. The molecule has 0 spiro atoms. The first-order valence-electron chi connectivity index (χ1n) is 6.51. The molecule has 0 fully saturated rings. The van der Waals surface area contributed by atoms with Gasteiger partial charge in [-0.2, -0.15) is 0 Å². The molecule has 1 aliphatic heterocycles. The molecule has 0 radical (unpaired) electrons. The Labute approximate surface area is 108 Å². The third kappa shape index (κ3) is 2.54. The fourth-order valence-electron chi connectivity index (χ4n) is 2.49. The van der Waals surface area contributed by atoms with Crippen LogP contribution in [0.2, 0.25) is 0 Å². The predicted octanol–water partition coefficient (Wildman–Crippen LogP) is 2.81. The summed E-state index contributed by atoms with van der Waals surface area (Å²) in [6.45, 7) is 1.94. The van der Waals surface area contributed by atoms with Crippen molar-refractivity contribution in [3.63, 3.8) is 0 Å². The molecule has 3 rings (SSSR count). The molecule has 92 valence electrons. The van der Waals surface area contributed by atoms with E-state index in [-0.39, 0.29) is 0 Å². The zero-order chi connectivity index (χ0) is 12.2. The van der Waals surface area contributed by atoms with Gasteiger partial charge in [0.05, 0.1) is 0 Å². The first kappa shape index (κ1) is 11.3. The van der Waals surface area contributed by atoms with Crippen LogP contribution in [0, 0.1) is 0 Å². The van der Waals surface area contributed by atoms with Gasteiger partial charge in [0.2, 0.25) is 0 Å². The normalized spacial score (nSPS) is 17.2. The highest BCUT2D eigenvalue weighted by Gasteiger charge is 2.18. The van der Waals surface area contributed by atoms with Gasteiger partial charge in [-0.3, -0.25) is 0 Å². The lowest BCUT2D eigenvalue weighted by atomic mass is 10.1. The van der Waals surface area contributed by atoms with E-state index < -0.39 is 0 Å². The molecule has 0 aromatic heterocycles. The largest absolute Gasteiger partial charge is 0.380 e. The number of hydrogen-bond acceptors (Lipinski definition) is 2. The second-order valence-corrected chi connectivity index (χ2v) is 4.82.